The van der Waals surface area contributed by atoms with Crippen molar-refractivity contribution < 1.29 is 9.47 Å². The van der Waals surface area contributed by atoms with E-state index in [1.807, 2.05) is 0 Å². The highest BCUT2D eigenvalue weighted by atomic mass is 32.1. The fourth-order valence-electron chi connectivity index (χ4n) is 1.85. The molecule has 0 aromatic rings. The van der Waals surface area contributed by atoms with Crippen molar-refractivity contribution in [2.24, 2.45) is 5.92 Å². The van der Waals surface area contributed by atoms with Gasteiger partial charge in [0.15, 0.2) is 0 Å². The molecule has 0 aliphatic carbocycles. The molecule has 3 nitrogen and oxygen atoms in total. The highest BCUT2D eigenvalue weighted by Crippen LogP contribution is 2.15. The summed E-state index contributed by atoms with van der Waals surface area (Å²) in [6.07, 6.45) is 2.42. The van der Waals surface area contributed by atoms with Crippen molar-refractivity contribution >= 4 is 12.6 Å². The molecule has 1 rings (SSSR count). The molecule has 0 aromatic carbocycles. The Hall–Kier alpha value is 0.230. The summed E-state index contributed by atoms with van der Waals surface area (Å²) in [5.74, 6) is 1.62. The van der Waals surface area contributed by atoms with E-state index < -0.39 is 0 Å². The Morgan fingerprint density at radius 3 is 2.73 bits per heavy atom. The van der Waals surface area contributed by atoms with Gasteiger partial charge in [0.05, 0.1) is 13.2 Å². The first-order valence-corrected chi connectivity index (χ1v) is 6.41. The van der Waals surface area contributed by atoms with E-state index in [9.17, 15) is 0 Å². The molecule has 1 aliphatic rings. The fraction of sp³-hybridized carbons (Fsp3) is 1.00. The Labute approximate surface area is 98.5 Å². The molecule has 0 bridgehead atoms. The van der Waals surface area contributed by atoms with Crippen molar-refractivity contribution in [3.8, 4) is 0 Å². The minimum atomic E-state index is 0.758. The Balaban J connectivity index is 1.98. The summed E-state index contributed by atoms with van der Waals surface area (Å²) in [6, 6.07) is 0. The van der Waals surface area contributed by atoms with E-state index in [0.29, 0.717) is 0 Å². The lowest BCUT2D eigenvalue weighted by Crippen LogP contribution is -2.32. The Morgan fingerprint density at radius 2 is 2.07 bits per heavy atom. The second-order valence-corrected chi connectivity index (χ2v) is 4.60. The zero-order valence-electron chi connectivity index (χ0n) is 9.65. The first kappa shape index (κ1) is 13.3. The molecule has 0 aromatic heterocycles. The third-order valence-corrected chi connectivity index (χ3v) is 2.95. The zero-order chi connectivity index (χ0) is 10.9. The number of ether oxygens (including phenoxy) is 2. The van der Waals surface area contributed by atoms with E-state index in [0.717, 1.165) is 44.6 Å². The predicted octanol–water partition coefficient (Wildman–Crippen LogP) is 1.29. The second kappa shape index (κ2) is 8.39. The zero-order valence-corrected chi connectivity index (χ0v) is 10.5. The molecule has 0 saturated carbocycles. The van der Waals surface area contributed by atoms with Gasteiger partial charge in [0.1, 0.15) is 0 Å². The van der Waals surface area contributed by atoms with E-state index in [4.69, 9.17) is 9.47 Å². The molecular weight excluding hydrogens is 210 g/mol. The van der Waals surface area contributed by atoms with Crippen LogP contribution in [-0.2, 0) is 9.47 Å². The first-order chi connectivity index (χ1) is 7.33. The molecule has 0 N–H and O–H groups in total. The van der Waals surface area contributed by atoms with E-state index in [1.54, 1.807) is 0 Å². The van der Waals surface area contributed by atoms with Gasteiger partial charge in [-0.3, -0.25) is 0 Å². The van der Waals surface area contributed by atoms with Gasteiger partial charge in [-0.2, -0.15) is 12.6 Å². The minimum Gasteiger partial charge on any atom is -0.381 e. The first-order valence-electron chi connectivity index (χ1n) is 5.78. The Bertz CT molecular complexity index is 152. The molecule has 0 atom stereocenters. The van der Waals surface area contributed by atoms with Gasteiger partial charge in [0, 0.05) is 32.1 Å². The minimum absolute atomic E-state index is 0.758. The summed E-state index contributed by atoms with van der Waals surface area (Å²) in [5.41, 5.74) is 0. The van der Waals surface area contributed by atoms with Crippen molar-refractivity contribution in [1.82, 2.24) is 4.90 Å². The average Bonchev–Trinajstić information content (AvgIpc) is 2.26. The Morgan fingerprint density at radius 1 is 1.33 bits per heavy atom. The summed E-state index contributed by atoms with van der Waals surface area (Å²) in [6.45, 7) is 5.65. The molecule has 1 fully saturated rings. The van der Waals surface area contributed by atoms with Crippen LogP contribution in [0.2, 0.25) is 0 Å². The van der Waals surface area contributed by atoms with E-state index in [2.05, 4.69) is 24.6 Å². The number of rotatable bonds is 7. The maximum absolute atomic E-state index is 5.40. The number of likely N-dealkylation sites (N-methyl/N-ethyl adjacent to an activating group) is 1. The lowest BCUT2D eigenvalue weighted by Gasteiger charge is -2.26. The third-order valence-electron chi connectivity index (χ3n) is 2.76. The molecule has 0 amide bonds. The maximum atomic E-state index is 5.40. The molecule has 4 heteroatoms. The summed E-state index contributed by atoms with van der Waals surface area (Å²) in [5, 5.41) is 0. The predicted molar refractivity (Wildman–Crippen MR) is 65.7 cm³/mol. The van der Waals surface area contributed by atoms with Crippen LogP contribution in [0.5, 0.6) is 0 Å². The molecule has 1 aliphatic heterocycles. The SMILES string of the molecule is CN(CCOCCS)CC1CCOCC1. The quantitative estimate of drug-likeness (QED) is 0.529. The summed E-state index contributed by atoms with van der Waals surface area (Å²) >= 11 is 4.10. The van der Waals surface area contributed by atoms with Gasteiger partial charge in [0.2, 0.25) is 0 Å². The van der Waals surface area contributed by atoms with Gasteiger partial charge < -0.3 is 14.4 Å². The van der Waals surface area contributed by atoms with Crippen LogP contribution in [-0.4, -0.2) is 57.2 Å². The van der Waals surface area contributed by atoms with Gasteiger partial charge in [-0.05, 0) is 25.8 Å². The van der Waals surface area contributed by atoms with Gasteiger partial charge >= 0.3 is 0 Å². The molecule has 0 unspecified atom stereocenters. The molecule has 1 heterocycles. The van der Waals surface area contributed by atoms with Crippen LogP contribution < -0.4 is 0 Å². The summed E-state index contributed by atoms with van der Waals surface area (Å²) in [4.78, 5) is 2.36. The molecule has 0 radical (unpaired) electrons. The number of hydrogen-bond acceptors (Lipinski definition) is 4. The maximum Gasteiger partial charge on any atom is 0.0593 e. The van der Waals surface area contributed by atoms with Crippen molar-refractivity contribution in [3.05, 3.63) is 0 Å². The summed E-state index contributed by atoms with van der Waals surface area (Å²) < 4.78 is 10.7. The van der Waals surface area contributed by atoms with Gasteiger partial charge in [-0.15, -0.1) is 0 Å². The van der Waals surface area contributed by atoms with Gasteiger partial charge in [0.25, 0.3) is 0 Å². The van der Waals surface area contributed by atoms with Crippen LogP contribution >= 0.6 is 12.6 Å². The van der Waals surface area contributed by atoms with E-state index in [-0.39, 0.29) is 0 Å². The molecule has 1 saturated heterocycles. The molecule has 0 spiro atoms. The number of hydrogen-bond donors (Lipinski definition) is 1. The fourth-order valence-corrected chi connectivity index (χ4v) is 1.98. The van der Waals surface area contributed by atoms with Crippen molar-refractivity contribution in [1.29, 1.82) is 0 Å². The van der Waals surface area contributed by atoms with Gasteiger partial charge in [-0.25, -0.2) is 0 Å². The Kier molecular flexibility index (Phi) is 7.44. The normalized spacial score (nSPS) is 18.6. The molecule has 90 valence electrons. The standard InChI is InChI=1S/C11H23NO2S/c1-12(4-7-14-8-9-15)10-11-2-5-13-6-3-11/h11,15H,2-10H2,1H3. The second-order valence-electron chi connectivity index (χ2n) is 4.15. The molecule has 15 heavy (non-hydrogen) atoms. The lowest BCUT2D eigenvalue weighted by atomic mass is 10.00. The summed E-state index contributed by atoms with van der Waals surface area (Å²) in [7, 11) is 2.17. The van der Waals surface area contributed by atoms with E-state index >= 15 is 0 Å². The van der Waals surface area contributed by atoms with Crippen LogP contribution in [0.3, 0.4) is 0 Å². The topological polar surface area (TPSA) is 21.7 Å². The van der Waals surface area contributed by atoms with Crippen molar-refractivity contribution in [3.63, 3.8) is 0 Å². The van der Waals surface area contributed by atoms with Crippen molar-refractivity contribution in [2.75, 3.05) is 52.3 Å². The highest BCUT2D eigenvalue weighted by Gasteiger charge is 2.15. The smallest absolute Gasteiger partial charge is 0.0593 e. The van der Waals surface area contributed by atoms with E-state index in [1.165, 1.54) is 19.4 Å². The number of nitrogens with zero attached hydrogens (tertiary/aromatic N) is 1. The third kappa shape index (κ3) is 6.40. The van der Waals surface area contributed by atoms with Crippen LogP contribution in [0.15, 0.2) is 0 Å². The lowest BCUT2D eigenvalue weighted by molar-refractivity contribution is 0.0506. The van der Waals surface area contributed by atoms with Crippen LogP contribution in [0.4, 0.5) is 0 Å². The van der Waals surface area contributed by atoms with Gasteiger partial charge in [-0.1, -0.05) is 0 Å². The number of thiol groups is 1. The van der Waals surface area contributed by atoms with Crippen molar-refractivity contribution in [2.45, 2.75) is 12.8 Å². The molecular formula is C11H23NO2S. The van der Waals surface area contributed by atoms with Crippen LogP contribution in [0, 0.1) is 5.92 Å². The van der Waals surface area contributed by atoms with Crippen LogP contribution in [0.25, 0.3) is 0 Å². The highest BCUT2D eigenvalue weighted by molar-refractivity contribution is 7.80. The average molecular weight is 233 g/mol. The van der Waals surface area contributed by atoms with Crippen LogP contribution in [0.1, 0.15) is 12.8 Å². The monoisotopic (exact) mass is 233 g/mol. The largest absolute Gasteiger partial charge is 0.381 e.